The molecule has 0 aliphatic heterocycles. The fraction of sp³-hybridized carbons (Fsp3) is 0.471. The van der Waals surface area contributed by atoms with E-state index in [1.165, 1.54) is 10.6 Å². The lowest BCUT2D eigenvalue weighted by Gasteiger charge is -2.09. The lowest BCUT2D eigenvalue weighted by atomic mass is 10.2. The summed E-state index contributed by atoms with van der Waals surface area (Å²) in [7, 11) is 0. The third-order valence-corrected chi connectivity index (χ3v) is 4.28. The van der Waals surface area contributed by atoms with Gasteiger partial charge in [0.05, 0.1) is 10.7 Å². The topological polar surface area (TPSA) is 34.1 Å². The Morgan fingerprint density at radius 2 is 1.86 bits per heavy atom. The summed E-state index contributed by atoms with van der Waals surface area (Å²) < 4.78 is 5.79. The first kappa shape index (κ1) is 16.0. The van der Waals surface area contributed by atoms with Crippen molar-refractivity contribution in [1.82, 2.24) is 10.3 Å². The lowest BCUT2D eigenvalue weighted by Crippen LogP contribution is -2.21. The maximum atomic E-state index is 5.79. The number of ether oxygens (including phenoxy) is 1. The second kappa shape index (κ2) is 7.57. The molecule has 1 heterocycles. The summed E-state index contributed by atoms with van der Waals surface area (Å²) in [5, 5.41) is 6.65. The normalized spacial score (nSPS) is 11.3. The summed E-state index contributed by atoms with van der Waals surface area (Å²) >= 11 is 1.71. The molecule has 0 aliphatic carbocycles. The molecule has 2 rings (SSSR count). The van der Waals surface area contributed by atoms with E-state index in [4.69, 9.17) is 4.74 Å². The van der Waals surface area contributed by atoms with E-state index >= 15 is 0 Å². The summed E-state index contributed by atoms with van der Waals surface area (Å²) in [5.41, 5.74) is 2.28. The Morgan fingerprint density at radius 1 is 1.14 bits per heavy atom. The Labute approximate surface area is 131 Å². The van der Waals surface area contributed by atoms with E-state index in [1.54, 1.807) is 11.3 Å². The maximum absolute atomic E-state index is 5.79. The van der Waals surface area contributed by atoms with Crippen LogP contribution in [0.3, 0.4) is 0 Å². The van der Waals surface area contributed by atoms with E-state index in [1.807, 2.05) is 12.1 Å². The van der Waals surface area contributed by atoms with Gasteiger partial charge in [-0.25, -0.2) is 4.98 Å². The van der Waals surface area contributed by atoms with Crippen molar-refractivity contribution in [2.24, 2.45) is 0 Å². The number of nitrogens with one attached hydrogen (secondary N) is 1. The van der Waals surface area contributed by atoms with Gasteiger partial charge in [-0.3, -0.25) is 0 Å². The predicted molar refractivity (Wildman–Crippen MR) is 89.0 cm³/mol. The number of hydrogen-bond acceptors (Lipinski definition) is 4. The first-order valence-electron chi connectivity index (χ1n) is 7.44. The van der Waals surface area contributed by atoms with Crippen LogP contribution in [0.15, 0.2) is 29.6 Å². The van der Waals surface area contributed by atoms with Crippen LogP contribution in [-0.4, -0.2) is 11.0 Å². The van der Waals surface area contributed by atoms with Gasteiger partial charge >= 0.3 is 0 Å². The van der Waals surface area contributed by atoms with Gasteiger partial charge in [-0.1, -0.05) is 39.8 Å². The van der Waals surface area contributed by atoms with Crippen LogP contribution in [0.4, 0.5) is 0 Å². The minimum absolute atomic E-state index is 0.483. The Hall–Kier alpha value is -1.39. The van der Waals surface area contributed by atoms with Gasteiger partial charge in [-0.05, 0) is 17.7 Å². The van der Waals surface area contributed by atoms with Gasteiger partial charge in [0, 0.05) is 23.9 Å². The minimum Gasteiger partial charge on any atom is -0.487 e. The van der Waals surface area contributed by atoms with E-state index in [-0.39, 0.29) is 0 Å². The maximum Gasteiger partial charge on any atom is 0.131 e. The zero-order chi connectivity index (χ0) is 15.2. The predicted octanol–water partition coefficient (Wildman–Crippen LogP) is 4.34. The molecule has 4 heteroatoms. The molecule has 21 heavy (non-hydrogen) atoms. The Morgan fingerprint density at radius 3 is 2.43 bits per heavy atom. The Kier molecular flexibility index (Phi) is 5.76. The van der Waals surface area contributed by atoms with E-state index in [0.29, 0.717) is 18.6 Å². The molecule has 1 aromatic carbocycles. The highest BCUT2D eigenvalue weighted by atomic mass is 32.1. The first-order chi connectivity index (χ1) is 10.0. The molecule has 0 bridgehead atoms. The standard InChI is InChI=1S/C17H24N2OS/c1-12(2)17-19-15(11-21-17)10-20-16-7-5-14(6-8-16)9-18-13(3)4/h5-8,11-13,18H,9-10H2,1-4H3. The Bertz CT molecular complexity index is 546. The van der Waals surface area contributed by atoms with Crippen LogP contribution in [0, 0.1) is 0 Å². The van der Waals surface area contributed by atoms with Crippen LogP contribution in [-0.2, 0) is 13.2 Å². The van der Waals surface area contributed by atoms with Crippen LogP contribution < -0.4 is 10.1 Å². The number of aromatic nitrogens is 1. The van der Waals surface area contributed by atoms with Gasteiger partial charge in [0.25, 0.3) is 0 Å². The van der Waals surface area contributed by atoms with Crippen LogP contribution >= 0.6 is 11.3 Å². The molecule has 1 aromatic heterocycles. The molecule has 0 radical (unpaired) electrons. The molecular formula is C17H24N2OS. The smallest absolute Gasteiger partial charge is 0.131 e. The van der Waals surface area contributed by atoms with E-state index in [0.717, 1.165) is 18.0 Å². The molecule has 0 saturated heterocycles. The van der Waals surface area contributed by atoms with Crippen molar-refractivity contribution < 1.29 is 4.74 Å². The highest BCUT2D eigenvalue weighted by Crippen LogP contribution is 2.20. The van der Waals surface area contributed by atoms with Crippen molar-refractivity contribution in [2.45, 2.75) is 52.8 Å². The molecule has 2 aromatic rings. The SMILES string of the molecule is CC(C)NCc1ccc(OCc2csc(C(C)C)n2)cc1. The van der Waals surface area contributed by atoms with Gasteiger partial charge in [0.1, 0.15) is 12.4 Å². The number of nitrogens with zero attached hydrogens (tertiary/aromatic N) is 1. The molecule has 0 spiro atoms. The number of hydrogen-bond donors (Lipinski definition) is 1. The Balaban J connectivity index is 1.85. The summed E-state index contributed by atoms with van der Waals surface area (Å²) in [6.07, 6.45) is 0. The molecule has 0 fully saturated rings. The van der Waals surface area contributed by atoms with Crippen LogP contribution in [0.2, 0.25) is 0 Å². The summed E-state index contributed by atoms with van der Waals surface area (Å²) in [5.74, 6) is 1.37. The van der Waals surface area contributed by atoms with Crippen molar-refractivity contribution in [3.05, 3.63) is 45.9 Å². The van der Waals surface area contributed by atoms with Crippen molar-refractivity contribution >= 4 is 11.3 Å². The lowest BCUT2D eigenvalue weighted by molar-refractivity contribution is 0.301. The average molecular weight is 304 g/mol. The highest BCUT2D eigenvalue weighted by molar-refractivity contribution is 7.09. The molecule has 0 aliphatic rings. The van der Waals surface area contributed by atoms with Gasteiger partial charge in [0.2, 0.25) is 0 Å². The molecule has 1 N–H and O–H groups in total. The van der Waals surface area contributed by atoms with Crippen molar-refractivity contribution in [2.75, 3.05) is 0 Å². The highest BCUT2D eigenvalue weighted by Gasteiger charge is 2.06. The molecule has 114 valence electrons. The van der Waals surface area contributed by atoms with Gasteiger partial charge in [0.15, 0.2) is 0 Å². The zero-order valence-electron chi connectivity index (χ0n) is 13.2. The van der Waals surface area contributed by atoms with Crippen molar-refractivity contribution in [3.8, 4) is 5.75 Å². The zero-order valence-corrected chi connectivity index (χ0v) is 14.0. The van der Waals surface area contributed by atoms with Crippen molar-refractivity contribution in [1.29, 1.82) is 0 Å². The number of rotatable bonds is 7. The second-order valence-corrected chi connectivity index (χ2v) is 6.69. The van der Waals surface area contributed by atoms with Crippen molar-refractivity contribution in [3.63, 3.8) is 0 Å². The average Bonchev–Trinajstić information content (AvgIpc) is 2.93. The van der Waals surface area contributed by atoms with E-state index in [2.05, 4.69) is 55.5 Å². The molecule has 3 nitrogen and oxygen atoms in total. The first-order valence-corrected chi connectivity index (χ1v) is 8.32. The quantitative estimate of drug-likeness (QED) is 0.826. The third-order valence-electron chi connectivity index (χ3n) is 3.09. The number of thiazole rings is 1. The van der Waals surface area contributed by atoms with Gasteiger partial charge in [-0.2, -0.15) is 0 Å². The summed E-state index contributed by atoms with van der Waals surface area (Å²) in [6, 6.07) is 8.75. The molecule has 0 amide bonds. The molecule has 0 atom stereocenters. The second-order valence-electron chi connectivity index (χ2n) is 5.80. The van der Waals surface area contributed by atoms with Crippen LogP contribution in [0.1, 0.15) is 49.9 Å². The largest absolute Gasteiger partial charge is 0.487 e. The van der Waals surface area contributed by atoms with E-state index in [9.17, 15) is 0 Å². The molecule has 0 unspecified atom stereocenters. The fourth-order valence-electron chi connectivity index (χ4n) is 1.84. The third kappa shape index (κ3) is 5.14. The fourth-order valence-corrected chi connectivity index (χ4v) is 2.66. The molecule has 0 saturated carbocycles. The summed E-state index contributed by atoms with van der Waals surface area (Å²) in [4.78, 5) is 4.57. The molecular weight excluding hydrogens is 280 g/mol. The minimum atomic E-state index is 0.483. The van der Waals surface area contributed by atoms with Crippen LogP contribution in [0.5, 0.6) is 5.75 Å². The van der Waals surface area contributed by atoms with Gasteiger partial charge in [-0.15, -0.1) is 11.3 Å². The van der Waals surface area contributed by atoms with E-state index < -0.39 is 0 Å². The number of benzene rings is 1. The monoisotopic (exact) mass is 304 g/mol. The van der Waals surface area contributed by atoms with Gasteiger partial charge < -0.3 is 10.1 Å². The summed E-state index contributed by atoms with van der Waals surface area (Å²) in [6.45, 7) is 10.0. The van der Waals surface area contributed by atoms with Crippen LogP contribution in [0.25, 0.3) is 0 Å².